The molecule has 1 N–H and O–H groups in total. The molecule has 1 unspecified atom stereocenters. The van der Waals surface area contributed by atoms with E-state index >= 15 is 0 Å². The number of carbonyl (C=O) groups is 1. The van der Waals surface area contributed by atoms with Gasteiger partial charge in [0.1, 0.15) is 5.60 Å². The average Bonchev–Trinajstić information content (AvgIpc) is 2.94. The molecule has 2 aromatic rings. The van der Waals surface area contributed by atoms with Crippen LogP contribution in [0.25, 0.3) is 10.9 Å². The number of benzene rings is 1. The molecule has 0 bridgehead atoms. The molecule has 0 aliphatic carbocycles. The first kappa shape index (κ1) is 17.8. The van der Waals surface area contributed by atoms with Gasteiger partial charge >= 0.3 is 12.1 Å². The molecule has 1 aliphatic rings. The van der Waals surface area contributed by atoms with E-state index in [1.54, 1.807) is 13.0 Å². The number of halogens is 3. The summed E-state index contributed by atoms with van der Waals surface area (Å²) in [7, 11) is 0. The topological polar surface area (TPSA) is 51.3 Å². The van der Waals surface area contributed by atoms with Gasteiger partial charge in [-0.2, -0.15) is 13.2 Å². The summed E-state index contributed by atoms with van der Waals surface area (Å²) < 4.78 is 51.0. The van der Waals surface area contributed by atoms with E-state index in [1.165, 1.54) is 6.07 Å². The van der Waals surface area contributed by atoms with Gasteiger partial charge in [-0.1, -0.05) is 19.1 Å². The Hall–Kier alpha value is -2.02. The molecule has 0 saturated heterocycles. The SMILES string of the molecule is CCOC(=O)CC1(CC)OCCc2c1[nH]c1c(C(F)(F)F)cccc21. The van der Waals surface area contributed by atoms with Gasteiger partial charge in [0.25, 0.3) is 0 Å². The molecular weight excluding hydrogens is 335 g/mol. The van der Waals surface area contributed by atoms with Crippen molar-refractivity contribution in [3.05, 3.63) is 35.0 Å². The summed E-state index contributed by atoms with van der Waals surface area (Å²) in [6.07, 6.45) is -3.53. The van der Waals surface area contributed by atoms with Gasteiger partial charge in [-0.05, 0) is 31.4 Å². The number of fused-ring (bicyclic) bond motifs is 3. The van der Waals surface area contributed by atoms with Crippen molar-refractivity contribution in [3.8, 4) is 0 Å². The number of H-pyrrole nitrogens is 1. The highest BCUT2D eigenvalue weighted by Gasteiger charge is 2.42. The highest BCUT2D eigenvalue weighted by Crippen LogP contribution is 2.44. The number of aromatic nitrogens is 1. The summed E-state index contributed by atoms with van der Waals surface area (Å²) in [5.41, 5.74) is -0.297. The second kappa shape index (κ2) is 6.37. The van der Waals surface area contributed by atoms with E-state index in [4.69, 9.17) is 9.47 Å². The zero-order valence-corrected chi connectivity index (χ0v) is 14.1. The third kappa shape index (κ3) is 3.01. The summed E-state index contributed by atoms with van der Waals surface area (Å²) in [6, 6.07) is 4.15. The van der Waals surface area contributed by atoms with Gasteiger partial charge < -0.3 is 14.5 Å². The van der Waals surface area contributed by atoms with Crippen molar-refractivity contribution < 1.29 is 27.4 Å². The highest BCUT2D eigenvalue weighted by atomic mass is 19.4. The fourth-order valence-electron chi connectivity index (χ4n) is 3.57. The Bertz CT molecular complexity index is 797. The molecule has 3 rings (SSSR count). The number of rotatable bonds is 4. The van der Waals surface area contributed by atoms with Gasteiger partial charge in [-0.3, -0.25) is 4.79 Å². The Morgan fingerprint density at radius 3 is 2.76 bits per heavy atom. The number of aromatic amines is 1. The Labute approximate surface area is 143 Å². The minimum absolute atomic E-state index is 0.0293. The lowest BCUT2D eigenvalue weighted by Crippen LogP contribution is -2.37. The van der Waals surface area contributed by atoms with E-state index in [0.717, 1.165) is 11.6 Å². The number of alkyl halides is 3. The van der Waals surface area contributed by atoms with E-state index in [2.05, 4.69) is 4.98 Å². The van der Waals surface area contributed by atoms with Crippen LogP contribution >= 0.6 is 0 Å². The smallest absolute Gasteiger partial charge is 0.418 e. The molecule has 0 fully saturated rings. The number of ether oxygens (including phenoxy) is 2. The quantitative estimate of drug-likeness (QED) is 0.831. The lowest BCUT2D eigenvalue weighted by molar-refractivity contribution is -0.154. The first-order valence-electron chi connectivity index (χ1n) is 8.33. The van der Waals surface area contributed by atoms with Crippen LogP contribution in [0, 0.1) is 0 Å². The maximum absolute atomic E-state index is 13.3. The fraction of sp³-hybridized carbons (Fsp3) is 0.500. The van der Waals surface area contributed by atoms with Crippen LogP contribution in [0.15, 0.2) is 18.2 Å². The molecule has 2 heterocycles. The average molecular weight is 355 g/mol. The van der Waals surface area contributed by atoms with Gasteiger partial charge in [-0.15, -0.1) is 0 Å². The van der Waals surface area contributed by atoms with Crippen molar-refractivity contribution in [3.63, 3.8) is 0 Å². The Balaban J connectivity index is 2.17. The van der Waals surface area contributed by atoms with E-state index < -0.39 is 23.3 Å². The van der Waals surface area contributed by atoms with Gasteiger partial charge in [-0.25, -0.2) is 0 Å². The third-order valence-electron chi connectivity index (χ3n) is 4.74. The van der Waals surface area contributed by atoms with E-state index in [9.17, 15) is 18.0 Å². The standard InChI is InChI=1S/C18H20F3NO3/c1-3-17(10-14(23)24-4-2)16-12(8-9-25-17)11-6-5-7-13(15(11)22-16)18(19,20)21/h5-7,22H,3-4,8-10H2,1-2H3. The highest BCUT2D eigenvalue weighted by molar-refractivity contribution is 5.88. The normalized spacial score (nSPS) is 20.5. The minimum atomic E-state index is -4.45. The molecule has 1 aliphatic heterocycles. The van der Waals surface area contributed by atoms with Crippen molar-refractivity contribution >= 4 is 16.9 Å². The zero-order chi connectivity index (χ0) is 18.2. The van der Waals surface area contributed by atoms with Gasteiger partial charge in [0.15, 0.2) is 0 Å². The molecule has 7 heteroatoms. The van der Waals surface area contributed by atoms with Crippen LogP contribution in [0.1, 0.15) is 43.5 Å². The largest absolute Gasteiger partial charge is 0.466 e. The predicted octanol–water partition coefficient (Wildman–Crippen LogP) is 4.32. The van der Waals surface area contributed by atoms with Crippen molar-refractivity contribution in [1.82, 2.24) is 4.98 Å². The number of hydrogen-bond donors (Lipinski definition) is 1. The zero-order valence-electron chi connectivity index (χ0n) is 14.1. The Morgan fingerprint density at radius 1 is 1.36 bits per heavy atom. The van der Waals surface area contributed by atoms with Crippen LogP contribution in [0.4, 0.5) is 13.2 Å². The lowest BCUT2D eigenvalue weighted by Gasteiger charge is -2.36. The van der Waals surface area contributed by atoms with Gasteiger partial charge in [0.05, 0.1) is 36.4 Å². The summed E-state index contributed by atoms with van der Waals surface area (Å²) in [6.45, 7) is 4.16. The number of nitrogens with one attached hydrogen (secondary N) is 1. The number of carbonyl (C=O) groups excluding carboxylic acids is 1. The minimum Gasteiger partial charge on any atom is -0.466 e. The maximum Gasteiger partial charge on any atom is 0.418 e. The maximum atomic E-state index is 13.3. The van der Waals surface area contributed by atoms with Crippen LogP contribution in [-0.2, 0) is 32.5 Å². The Kier molecular flexibility index (Phi) is 4.53. The molecule has 1 atom stereocenters. The third-order valence-corrected chi connectivity index (χ3v) is 4.74. The molecule has 0 amide bonds. The molecule has 1 aromatic heterocycles. The van der Waals surface area contributed by atoms with E-state index in [-0.39, 0.29) is 18.5 Å². The van der Waals surface area contributed by atoms with Crippen molar-refractivity contribution in [1.29, 1.82) is 0 Å². The second-order valence-electron chi connectivity index (χ2n) is 6.13. The summed E-state index contributed by atoms with van der Waals surface area (Å²) >= 11 is 0. The van der Waals surface area contributed by atoms with Crippen molar-refractivity contribution in [2.45, 2.75) is 44.9 Å². The van der Waals surface area contributed by atoms with Gasteiger partial charge in [0.2, 0.25) is 0 Å². The van der Waals surface area contributed by atoms with Crippen molar-refractivity contribution in [2.24, 2.45) is 0 Å². The van der Waals surface area contributed by atoms with Crippen LogP contribution in [0.2, 0.25) is 0 Å². The summed E-state index contributed by atoms with van der Waals surface area (Å²) in [5.74, 6) is -0.424. The molecular formula is C18H20F3NO3. The van der Waals surface area contributed by atoms with Crippen LogP contribution in [0.3, 0.4) is 0 Å². The Morgan fingerprint density at radius 2 is 2.12 bits per heavy atom. The molecule has 1 aromatic carbocycles. The van der Waals surface area contributed by atoms with Gasteiger partial charge in [0, 0.05) is 5.39 Å². The summed E-state index contributed by atoms with van der Waals surface area (Å²) in [4.78, 5) is 15.0. The molecule has 0 saturated carbocycles. The van der Waals surface area contributed by atoms with Crippen molar-refractivity contribution in [2.75, 3.05) is 13.2 Å². The number of esters is 1. The fourth-order valence-corrected chi connectivity index (χ4v) is 3.57. The first-order chi connectivity index (χ1) is 11.8. The summed E-state index contributed by atoms with van der Waals surface area (Å²) in [5, 5.41) is 0.537. The molecule has 4 nitrogen and oxygen atoms in total. The first-order valence-corrected chi connectivity index (χ1v) is 8.33. The monoisotopic (exact) mass is 355 g/mol. The van der Waals surface area contributed by atoms with Crippen LogP contribution in [-0.4, -0.2) is 24.2 Å². The molecule has 0 spiro atoms. The lowest BCUT2D eigenvalue weighted by atomic mass is 9.86. The number of hydrogen-bond acceptors (Lipinski definition) is 3. The van der Waals surface area contributed by atoms with E-state index in [0.29, 0.717) is 30.5 Å². The van der Waals surface area contributed by atoms with Crippen LogP contribution in [0.5, 0.6) is 0 Å². The van der Waals surface area contributed by atoms with E-state index in [1.807, 2.05) is 6.92 Å². The second-order valence-corrected chi connectivity index (χ2v) is 6.13. The van der Waals surface area contributed by atoms with Crippen LogP contribution < -0.4 is 0 Å². The predicted molar refractivity (Wildman–Crippen MR) is 86.2 cm³/mol. The number of para-hydroxylation sites is 1. The molecule has 136 valence electrons. The molecule has 25 heavy (non-hydrogen) atoms. The molecule has 0 radical (unpaired) electrons.